The number of amidine groups is 1. The van der Waals surface area contributed by atoms with Gasteiger partial charge in [0.2, 0.25) is 0 Å². The third-order valence-corrected chi connectivity index (χ3v) is 3.07. The van der Waals surface area contributed by atoms with Gasteiger partial charge in [0.1, 0.15) is 11.5 Å². The van der Waals surface area contributed by atoms with Crippen molar-refractivity contribution in [1.82, 2.24) is 14.5 Å². The van der Waals surface area contributed by atoms with Gasteiger partial charge in [0.25, 0.3) is 0 Å². The van der Waals surface area contributed by atoms with Gasteiger partial charge in [0.15, 0.2) is 5.84 Å². The highest BCUT2D eigenvalue weighted by Gasteiger charge is 2.21. The number of morpholine rings is 1. The molecular formula is C12H21N5O. The molecular weight excluding hydrogens is 230 g/mol. The molecule has 1 aromatic rings. The van der Waals surface area contributed by atoms with Gasteiger partial charge in [-0.05, 0) is 13.8 Å². The van der Waals surface area contributed by atoms with E-state index in [1.807, 2.05) is 9.47 Å². The maximum Gasteiger partial charge on any atom is 0.151 e. The first-order valence-corrected chi connectivity index (χ1v) is 6.48. The van der Waals surface area contributed by atoms with Crippen LogP contribution >= 0.6 is 0 Å². The van der Waals surface area contributed by atoms with Gasteiger partial charge in [-0.1, -0.05) is 0 Å². The molecule has 0 aliphatic carbocycles. The summed E-state index contributed by atoms with van der Waals surface area (Å²) in [5.41, 5.74) is 0.737. The van der Waals surface area contributed by atoms with Gasteiger partial charge < -0.3 is 19.5 Å². The van der Waals surface area contributed by atoms with Crippen molar-refractivity contribution in [3.8, 4) is 0 Å². The van der Waals surface area contributed by atoms with E-state index in [-0.39, 0.29) is 0 Å². The zero-order chi connectivity index (χ0) is 13.0. The Bertz CT molecular complexity index is 409. The van der Waals surface area contributed by atoms with E-state index < -0.39 is 0 Å². The minimum atomic E-state index is 0.487. The third-order valence-electron chi connectivity index (χ3n) is 3.07. The van der Waals surface area contributed by atoms with Crippen molar-refractivity contribution < 1.29 is 4.74 Å². The molecule has 6 nitrogen and oxygen atoms in total. The first-order chi connectivity index (χ1) is 8.77. The highest BCUT2D eigenvalue weighted by atomic mass is 16.5. The first-order valence-electron chi connectivity index (χ1n) is 6.48. The number of ether oxygens (including phenoxy) is 1. The summed E-state index contributed by atoms with van der Waals surface area (Å²) in [5.74, 6) is 1.43. The molecule has 0 atom stereocenters. The Kier molecular flexibility index (Phi) is 4.19. The van der Waals surface area contributed by atoms with E-state index >= 15 is 0 Å². The van der Waals surface area contributed by atoms with Crippen molar-refractivity contribution in [3.05, 3.63) is 12.0 Å². The lowest BCUT2D eigenvalue weighted by Crippen LogP contribution is -2.41. The Morgan fingerprint density at radius 1 is 1.44 bits per heavy atom. The molecule has 1 aliphatic heterocycles. The standard InChI is InChI=1S/C12H21N5O/c1-3-14-12-10(15-9-16(12)4-2)11(13)17-5-7-18-8-6-17/h9,13-14H,3-8H2,1-2H3. The molecule has 2 N–H and O–H groups in total. The summed E-state index contributed by atoms with van der Waals surface area (Å²) in [5, 5.41) is 11.6. The maximum atomic E-state index is 8.29. The van der Waals surface area contributed by atoms with Crippen LogP contribution in [0.25, 0.3) is 0 Å². The minimum absolute atomic E-state index is 0.487. The van der Waals surface area contributed by atoms with Crippen molar-refractivity contribution >= 4 is 11.7 Å². The number of aryl methyl sites for hydroxylation is 1. The Labute approximate surface area is 107 Å². The maximum absolute atomic E-state index is 8.29. The van der Waals surface area contributed by atoms with Crippen LogP contribution in [0.4, 0.5) is 5.82 Å². The van der Waals surface area contributed by atoms with Crippen molar-refractivity contribution in [3.63, 3.8) is 0 Å². The summed E-state index contributed by atoms with van der Waals surface area (Å²) < 4.78 is 7.35. The van der Waals surface area contributed by atoms with E-state index in [0.717, 1.165) is 37.7 Å². The molecule has 2 heterocycles. The summed E-state index contributed by atoms with van der Waals surface area (Å²) in [6.45, 7) is 8.72. The topological polar surface area (TPSA) is 66.2 Å². The van der Waals surface area contributed by atoms with Crippen LogP contribution in [0.2, 0.25) is 0 Å². The second-order valence-electron chi connectivity index (χ2n) is 4.21. The number of anilines is 1. The van der Waals surface area contributed by atoms with E-state index in [4.69, 9.17) is 10.1 Å². The van der Waals surface area contributed by atoms with E-state index in [0.29, 0.717) is 19.0 Å². The molecule has 1 aliphatic rings. The quantitative estimate of drug-likeness (QED) is 0.618. The lowest BCUT2D eigenvalue weighted by Gasteiger charge is -2.28. The average Bonchev–Trinajstić information content (AvgIpc) is 2.82. The molecule has 0 saturated carbocycles. The summed E-state index contributed by atoms with van der Waals surface area (Å²) in [6.07, 6.45) is 1.79. The Balaban J connectivity index is 2.20. The fourth-order valence-corrected chi connectivity index (χ4v) is 2.08. The number of hydrogen-bond donors (Lipinski definition) is 2. The van der Waals surface area contributed by atoms with E-state index in [9.17, 15) is 0 Å². The number of hydrogen-bond acceptors (Lipinski definition) is 4. The second kappa shape index (κ2) is 5.86. The predicted molar refractivity (Wildman–Crippen MR) is 71.3 cm³/mol. The monoisotopic (exact) mass is 251 g/mol. The molecule has 6 heteroatoms. The number of nitrogens with one attached hydrogen (secondary N) is 2. The fraction of sp³-hybridized carbons (Fsp3) is 0.667. The zero-order valence-electron chi connectivity index (χ0n) is 11.1. The van der Waals surface area contributed by atoms with Crippen molar-refractivity contribution in [2.45, 2.75) is 20.4 Å². The molecule has 1 aromatic heterocycles. The Hall–Kier alpha value is -1.56. The fourth-order valence-electron chi connectivity index (χ4n) is 2.08. The van der Waals surface area contributed by atoms with Crippen LogP contribution in [0.1, 0.15) is 19.5 Å². The Morgan fingerprint density at radius 2 is 2.17 bits per heavy atom. The molecule has 100 valence electrons. The summed E-state index contributed by atoms with van der Waals surface area (Å²) >= 11 is 0. The normalized spacial score (nSPS) is 15.8. The summed E-state index contributed by atoms with van der Waals surface area (Å²) in [6, 6.07) is 0. The van der Waals surface area contributed by atoms with Crippen LogP contribution in [0.3, 0.4) is 0 Å². The molecule has 0 radical (unpaired) electrons. The molecule has 1 fully saturated rings. The van der Waals surface area contributed by atoms with Crippen molar-refractivity contribution in [2.75, 3.05) is 38.2 Å². The average molecular weight is 251 g/mol. The van der Waals surface area contributed by atoms with Crippen LogP contribution < -0.4 is 5.32 Å². The minimum Gasteiger partial charge on any atom is -0.378 e. The highest BCUT2D eigenvalue weighted by molar-refractivity contribution is 5.99. The van der Waals surface area contributed by atoms with Gasteiger partial charge in [0, 0.05) is 26.2 Å². The second-order valence-corrected chi connectivity index (χ2v) is 4.21. The summed E-state index contributed by atoms with van der Waals surface area (Å²) in [7, 11) is 0. The Morgan fingerprint density at radius 3 is 2.78 bits per heavy atom. The van der Waals surface area contributed by atoms with Crippen LogP contribution in [0.15, 0.2) is 6.33 Å². The molecule has 0 spiro atoms. The van der Waals surface area contributed by atoms with Crippen molar-refractivity contribution in [2.24, 2.45) is 0 Å². The third kappa shape index (κ3) is 2.48. The number of imidazole rings is 1. The molecule has 2 rings (SSSR count). The SMILES string of the molecule is CCNc1c(C(=N)N2CCOCC2)ncn1CC. The predicted octanol–water partition coefficient (Wildman–Crippen LogP) is 0.992. The molecule has 18 heavy (non-hydrogen) atoms. The van der Waals surface area contributed by atoms with Crippen LogP contribution in [-0.2, 0) is 11.3 Å². The lowest BCUT2D eigenvalue weighted by atomic mass is 10.3. The van der Waals surface area contributed by atoms with Gasteiger partial charge in [-0.15, -0.1) is 0 Å². The van der Waals surface area contributed by atoms with E-state index in [1.165, 1.54) is 0 Å². The van der Waals surface area contributed by atoms with Gasteiger partial charge in [0.05, 0.1) is 19.5 Å². The van der Waals surface area contributed by atoms with Gasteiger partial charge in [-0.2, -0.15) is 0 Å². The lowest BCUT2D eigenvalue weighted by molar-refractivity contribution is 0.0679. The van der Waals surface area contributed by atoms with Gasteiger partial charge >= 0.3 is 0 Å². The largest absolute Gasteiger partial charge is 0.378 e. The van der Waals surface area contributed by atoms with Gasteiger partial charge in [-0.25, -0.2) is 4.98 Å². The molecule has 0 aromatic carbocycles. The number of aromatic nitrogens is 2. The smallest absolute Gasteiger partial charge is 0.151 e. The number of rotatable bonds is 4. The molecule has 1 saturated heterocycles. The zero-order valence-corrected chi connectivity index (χ0v) is 11.1. The van der Waals surface area contributed by atoms with E-state index in [2.05, 4.69) is 24.1 Å². The highest BCUT2D eigenvalue weighted by Crippen LogP contribution is 2.17. The van der Waals surface area contributed by atoms with Crippen molar-refractivity contribution in [1.29, 1.82) is 5.41 Å². The molecule has 0 amide bonds. The van der Waals surface area contributed by atoms with E-state index in [1.54, 1.807) is 6.33 Å². The summed E-state index contributed by atoms with van der Waals surface area (Å²) in [4.78, 5) is 6.39. The first kappa shape index (κ1) is 12.9. The van der Waals surface area contributed by atoms with Crippen LogP contribution in [0.5, 0.6) is 0 Å². The number of nitrogens with zero attached hydrogens (tertiary/aromatic N) is 3. The van der Waals surface area contributed by atoms with Gasteiger partial charge in [-0.3, -0.25) is 5.41 Å². The molecule has 0 bridgehead atoms. The van der Waals surface area contributed by atoms with Crippen LogP contribution in [0, 0.1) is 5.41 Å². The molecule has 0 unspecified atom stereocenters. The van der Waals surface area contributed by atoms with Crippen LogP contribution in [-0.4, -0.2) is 53.1 Å².